The highest BCUT2D eigenvalue weighted by Gasteiger charge is 2.23. The van der Waals surface area contributed by atoms with Gasteiger partial charge in [0.25, 0.3) is 0 Å². The minimum Gasteiger partial charge on any atom is -0.394 e. The second kappa shape index (κ2) is 5.36. The smallest absolute Gasteiger partial charge is 0.151 e. The van der Waals surface area contributed by atoms with Gasteiger partial charge in [0.05, 0.1) is 12.6 Å². The Morgan fingerprint density at radius 1 is 1.33 bits per heavy atom. The molecule has 1 aromatic heterocycles. The number of aliphatic hydroxyl groups is 1. The lowest BCUT2D eigenvalue weighted by Crippen LogP contribution is -2.31. The molecule has 0 spiro atoms. The van der Waals surface area contributed by atoms with Crippen LogP contribution >= 0.6 is 0 Å². The van der Waals surface area contributed by atoms with Crippen molar-refractivity contribution in [2.45, 2.75) is 44.6 Å². The molecule has 5 nitrogen and oxygen atoms in total. The van der Waals surface area contributed by atoms with Crippen LogP contribution < -0.4 is 5.32 Å². The van der Waals surface area contributed by atoms with Gasteiger partial charge in [0.2, 0.25) is 0 Å². The quantitative estimate of drug-likeness (QED) is 0.828. The van der Waals surface area contributed by atoms with Crippen LogP contribution in [0, 0.1) is 5.92 Å². The van der Waals surface area contributed by atoms with Crippen molar-refractivity contribution in [2.75, 3.05) is 19.7 Å². The maximum Gasteiger partial charge on any atom is 0.151 e. The normalized spacial score (nSPS) is 28.1. The molecule has 0 bridgehead atoms. The Morgan fingerprint density at radius 2 is 2.28 bits per heavy atom. The van der Waals surface area contributed by atoms with Crippen molar-refractivity contribution in [3.05, 3.63) is 11.6 Å². The van der Waals surface area contributed by atoms with E-state index >= 15 is 0 Å². The number of aromatic nitrogens is 3. The molecular weight excluding hydrogens is 228 g/mol. The maximum atomic E-state index is 9.37. The SMILES string of the molecule is OCC1CCCc2nc(CC3CCCNC3)nn21. The Labute approximate surface area is 108 Å². The van der Waals surface area contributed by atoms with E-state index in [0.29, 0.717) is 5.92 Å². The number of rotatable bonds is 3. The number of nitrogens with one attached hydrogen (secondary N) is 1. The molecule has 5 heteroatoms. The Bertz CT molecular complexity index is 398. The van der Waals surface area contributed by atoms with Gasteiger partial charge in [-0.1, -0.05) is 0 Å². The molecule has 2 aliphatic heterocycles. The molecular formula is C13H22N4O. The summed E-state index contributed by atoms with van der Waals surface area (Å²) in [5.41, 5.74) is 0. The van der Waals surface area contributed by atoms with Gasteiger partial charge in [-0.05, 0) is 44.7 Å². The maximum absolute atomic E-state index is 9.37. The summed E-state index contributed by atoms with van der Waals surface area (Å²) in [5, 5.41) is 17.4. The molecule has 2 aliphatic rings. The molecule has 0 aromatic carbocycles. The molecule has 1 fully saturated rings. The first-order chi connectivity index (χ1) is 8.86. The van der Waals surface area contributed by atoms with Gasteiger partial charge in [0, 0.05) is 12.8 Å². The zero-order valence-corrected chi connectivity index (χ0v) is 10.8. The van der Waals surface area contributed by atoms with E-state index in [-0.39, 0.29) is 12.6 Å². The predicted octanol–water partition coefficient (Wildman–Crippen LogP) is 0.690. The van der Waals surface area contributed by atoms with Crippen LogP contribution in [0.1, 0.15) is 43.4 Å². The third-order valence-corrected chi connectivity index (χ3v) is 4.11. The molecule has 0 saturated carbocycles. The van der Waals surface area contributed by atoms with Gasteiger partial charge >= 0.3 is 0 Å². The summed E-state index contributed by atoms with van der Waals surface area (Å²) in [4.78, 5) is 4.66. The van der Waals surface area contributed by atoms with E-state index in [2.05, 4.69) is 15.4 Å². The molecule has 3 rings (SSSR count). The van der Waals surface area contributed by atoms with Crippen molar-refractivity contribution < 1.29 is 5.11 Å². The van der Waals surface area contributed by atoms with Crippen molar-refractivity contribution in [1.29, 1.82) is 0 Å². The van der Waals surface area contributed by atoms with E-state index in [1.165, 1.54) is 12.8 Å². The van der Waals surface area contributed by atoms with Crippen molar-refractivity contribution >= 4 is 0 Å². The molecule has 2 atom stereocenters. The average molecular weight is 250 g/mol. The van der Waals surface area contributed by atoms with Gasteiger partial charge in [-0.25, -0.2) is 9.67 Å². The lowest BCUT2D eigenvalue weighted by Gasteiger charge is -2.21. The number of fused-ring (bicyclic) bond motifs is 1. The standard InChI is InChI=1S/C13H22N4O/c18-9-11-4-1-5-13-15-12(16-17(11)13)7-10-3-2-6-14-8-10/h10-11,14,18H,1-9H2. The molecule has 1 saturated heterocycles. The second-order valence-corrected chi connectivity index (χ2v) is 5.53. The Kier molecular flexibility index (Phi) is 3.61. The van der Waals surface area contributed by atoms with Crippen LogP contribution in [0.3, 0.4) is 0 Å². The third kappa shape index (κ3) is 2.42. The summed E-state index contributed by atoms with van der Waals surface area (Å²) in [6.07, 6.45) is 6.67. The van der Waals surface area contributed by atoms with Gasteiger partial charge < -0.3 is 10.4 Å². The molecule has 0 aliphatic carbocycles. The summed E-state index contributed by atoms with van der Waals surface area (Å²) < 4.78 is 1.97. The number of hydrogen-bond acceptors (Lipinski definition) is 4. The van der Waals surface area contributed by atoms with Crippen LogP contribution in [0.5, 0.6) is 0 Å². The average Bonchev–Trinajstić information content (AvgIpc) is 2.82. The molecule has 100 valence electrons. The van der Waals surface area contributed by atoms with Crippen molar-refractivity contribution in [2.24, 2.45) is 5.92 Å². The number of hydrogen-bond donors (Lipinski definition) is 2. The largest absolute Gasteiger partial charge is 0.394 e. The third-order valence-electron chi connectivity index (χ3n) is 4.11. The van der Waals surface area contributed by atoms with Gasteiger partial charge in [0.15, 0.2) is 5.82 Å². The van der Waals surface area contributed by atoms with E-state index in [1.807, 2.05) is 4.68 Å². The first kappa shape index (κ1) is 12.1. The van der Waals surface area contributed by atoms with Crippen molar-refractivity contribution in [1.82, 2.24) is 20.1 Å². The summed E-state index contributed by atoms with van der Waals surface area (Å²) in [7, 11) is 0. The zero-order valence-electron chi connectivity index (χ0n) is 10.8. The van der Waals surface area contributed by atoms with E-state index in [4.69, 9.17) is 0 Å². The first-order valence-corrected chi connectivity index (χ1v) is 7.12. The zero-order chi connectivity index (χ0) is 12.4. The fourth-order valence-electron chi connectivity index (χ4n) is 3.10. The van der Waals surface area contributed by atoms with Gasteiger partial charge in [-0.2, -0.15) is 5.10 Å². The number of nitrogens with zero attached hydrogens (tertiary/aromatic N) is 3. The molecule has 1 aromatic rings. The van der Waals surface area contributed by atoms with Crippen LogP contribution in [0.4, 0.5) is 0 Å². The highest BCUT2D eigenvalue weighted by atomic mass is 16.3. The van der Waals surface area contributed by atoms with Crippen LogP contribution in [0.2, 0.25) is 0 Å². The fraction of sp³-hybridized carbons (Fsp3) is 0.846. The molecule has 0 radical (unpaired) electrons. The van der Waals surface area contributed by atoms with Crippen molar-refractivity contribution in [3.63, 3.8) is 0 Å². The highest BCUT2D eigenvalue weighted by molar-refractivity contribution is 5.00. The Hall–Kier alpha value is -0.940. The van der Waals surface area contributed by atoms with Gasteiger partial charge in [-0.3, -0.25) is 0 Å². The summed E-state index contributed by atoms with van der Waals surface area (Å²) >= 11 is 0. The van der Waals surface area contributed by atoms with Gasteiger partial charge in [0.1, 0.15) is 5.82 Å². The summed E-state index contributed by atoms with van der Waals surface area (Å²) in [5.74, 6) is 2.72. The molecule has 18 heavy (non-hydrogen) atoms. The van der Waals surface area contributed by atoms with E-state index in [0.717, 1.165) is 50.4 Å². The number of piperidine rings is 1. The Morgan fingerprint density at radius 3 is 3.06 bits per heavy atom. The molecule has 2 unspecified atom stereocenters. The minimum absolute atomic E-state index is 0.152. The van der Waals surface area contributed by atoms with Crippen LogP contribution in [-0.2, 0) is 12.8 Å². The first-order valence-electron chi connectivity index (χ1n) is 7.12. The van der Waals surface area contributed by atoms with E-state index in [1.54, 1.807) is 0 Å². The van der Waals surface area contributed by atoms with Crippen molar-refractivity contribution in [3.8, 4) is 0 Å². The second-order valence-electron chi connectivity index (χ2n) is 5.53. The number of aryl methyl sites for hydroxylation is 1. The lowest BCUT2D eigenvalue weighted by atomic mass is 9.96. The fourth-order valence-corrected chi connectivity index (χ4v) is 3.10. The minimum atomic E-state index is 0.152. The highest BCUT2D eigenvalue weighted by Crippen LogP contribution is 2.23. The summed E-state index contributed by atoms with van der Waals surface area (Å²) in [6.45, 7) is 2.42. The Balaban J connectivity index is 1.71. The number of aliphatic hydroxyl groups excluding tert-OH is 1. The van der Waals surface area contributed by atoms with Gasteiger partial charge in [-0.15, -0.1) is 0 Å². The predicted molar refractivity (Wildman–Crippen MR) is 68.4 cm³/mol. The van der Waals surface area contributed by atoms with E-state index < -0.39 is 0 Å². The molecule has 0 amide bonds. The van der Waals surface area contributed by atoms with Crippen LogP contribution in [-0.4, -0.2) is 39.6 Å². The molecule has 2 N–H and O–H groups in total. The summed E-state index contributed by atoms with van der Waals surface area (Å²) in [6, 6.07) is 0.152. The van der Waals surface area contributed by atoms with Crippen LogP contribution in [0.15, 0.2) is 0 Å². The lowest BCUT2D eigenvalue weighted by molar-refractivity contribution is 0.194. The monoisotopic (exact) mass is 250 g/mol. The van der Waals surface area contributed by atoms with Crippen LogP contribution in [0.25, 0.3) is 0 Å². The topological polar surface area (TPSA) is 63.0 Å². The van der Waals surface area contributed by atoms with E-state index in [9.17, 15) is 5.11 Å². The molecule has 3 heterocycles.